The molecule has 0 aromatic heterocycles. The minimum Gasteiger partial charge on any atom is -0.496 e. The van der Waals surface area contributed by atoms with E-state index in [1.807, 2.05) is 26.0 Å². The van der Waals surface area contributed by atoms with Crippen molar-refractivity contribution >= 4 is 5.91 Å². The van der Waals surface area contributed by atoms with Gasteiger partial charge in [0.25, 0.3) is 0 Å². The maximum atomic E-state index is 11.2. The highest BCUT2D eigenvalue weighted by Crippen LogP contribution is 2.25. The molecule has 0 unspecified atom stereocenters. The van der Waals surface area contributed by atoms with E-state index in [0.717, 1.165) is 22.4 Å². The minimum atomic E-state index is -0.549. The Bertz CT molecular complexity index is 475. The van der Waals surface area contributed by atoms with Gasteiger partial charge in [-0.05, 0) is 31.0 Å². The summed E-state index contributed by atoms with van der Waals surface area (Å²) in [5.74, 6) is 0.201. The molecular weight excluding hydrogens is 216 g/mol. The number of hydrogen-bond acceptors (Lipinski definition) is 3. The van der Waals surface area contributed by atoms with Crippen molar-refractivity contribution in [2.24, 2.45) is 0 Å². The number of nitriles is 1. The highest BCUT2D eigenvalue weighted by atomic mass is 16.5. The van der Waals surface area contributed by atoms with Gasteiger partial charge < -0.3 is 9.64 Å². The van der Waals surface area contributed by atoms with Crippen molar-refractivity contribution < 1.29 is 9.53 Å². The molecule has 0 saturated carbocycles. The van der Waals surface area contributed by atoms with Gasteiger partial charge >= 0.3 is 5.91 Å². The molecule has 4 heteroatoms. The Hall–Kier alpha value is -2.02. The first kappa shape index (κ1) is 13.0. The average molecular weight is 232 g/mol. The van der Waals surface area contributed by atoms with Gasteiger partial charge in [0.05, 0.1) is 13.7 Å². The number of methoxy groups -OCH3 is 1. The number of nitrogens with zero attached hydrogens (tertiary/aromatic N) is 2. The molecule has 0 atom stereocenters. The van der Waals surface area contributed by atoms with Gasteiger partial charge in [-0.25, -0.2) is 0 Å². The molecule has 4 nitrogen and oxygen atoms in total. The fraction of sp³-hybridized carbons (Fsp3) is 0.385. The highest BCUT2D eigenvalue weighted by molar-refractivity contribution is 5.91. The lowest BCUT2D eigenvalue weighted by molar-refractivity contribution is -0.124. The van der Waals surface area contributed by atoms with Gasteiger partial charge in [-0.3, -0.25) is 4.79 Å². The highest BCUT2D eigenvalue weighted by Gasteiger charge is 2.13. The Kier molecular flexibility index (Phi) is 4.11. The van der Waals surface area contributed by atoms with Crippen LogP contribution in [0.25, 0.3) is 0 Å². The first-order valence-electron chi connectivity index (χ1n) is 5.29. The SMILES string of the molecule is COc1cc(C)cc(C)c1CN(C)C(=O)C#N. The van der Waals surface area contributed by atoms with Gasteiger partial charge in [0.2, 0.25) is 0 Å². The topological polar surface area (TPSA) is 53.3 Å². The zero-order valence-corrected chi connectivity index (χ0v) is 10.6. The largest absolute Gasteiger partial charge is 0.496 e. The van der Waals surface area contributed by atoms with Crippen molar-refractivity contribution in [3.63, 3.8) is 0 Å². The molecule has 17 heavy (non-hydrogen) atoms. The number of ether oxygens (including phenoxy) is 1. The first-order valence-corrected chi connectivity index (χ1v) is 5.29. The number of rotatable bonds is 3. The number of aryl methyl sites for hydroxylation is 2. The van der Waals surface area contributed by atoms with Crippen LogP contribution >= 0.6 is 0 Å². The Labute approximate surface area is 101 Å². The summed E-state index contributed by atoms with van der Waals surface area (Å²) >= 11 is 0. The molecular formula is C13H16N2O2. The zero-order valence-electron chi connectivity index (χ0n) is 10.6. The second-order valence-electron chi connectivity index (χ2n) is 4.04. The summed E-state index contributed by atoms with van der Waals surface area (Å²) in [6.45, 7) is 4.33. The number of amides is 1. The van der Waals surface area contributed by atoms with E-state index in [4.69, 9.17) is 10.00 Å². The Morgan fingerprint density at radius 1 is 1.47 bits per heavy atom. The summed E-state index contributed by atoms with van der Waals surface area (Å²) in [7, 11) is 3.20. The van der Waals surface area contributed by atoms with Gasteiger partial charge in [-0.15, -0.1) is 0 Å². The van der Waals surface area contributed by atoms with Crippen LogP contribution in [0.5, 0.6) is 5.75 Å². The molecule has 0 N–H and O–H groups in total. The Morgan fingerprint density at radius 2 is 2.12 bits per heavy atom. The zero-order chi connectivity index (χ0) is 13.0. The predicted molar refractivity (Wildman–Crippen MR) is 64.6 cm³/mol. The maximum absolute atomic E-state index is 11.2. The predicted octanol–water partition coefficient (Wildman–Crippen LogP) is 1.79. The minimum absolute atomic E-state index is 0.377. The molecule has 0 aliphatic rings. The molecule has 0 aliphatic heterocycles. The lowest BCUT2D eigenvalue weighted by Gasteiger charge is -2.18. The molecule has 90 valence electrons. The van der Waals surface area contributed by atoms with E-state index < -0.39 is 5.91 Å². The lowest BCUT2D eigenvalue weighted by atomic mass is 10.0. The van der Waals surface area contributed by atoms with E-state index in [1.54, 1.807) is 20.2 Å². The number of benzene rings is 1. The van der Waals surface area contributed by atoms with E-state index in [1.165, 1.54) is 4.90 Å². The monoisotopic (exact) mass is 232 g/mol. The third-order valence-electron chi connectivity index (χ3n) is 2.63. The molecule has 1 rings (SSSR count). The third kappa shape index (κ3) is 2.97. The van der Waals surface area contributed by atoms with E-state index in [9.17, 15) is 4.79 Å². The van der Waals surface area contributed by atoms with Crippen LogP contribution in [-0.4, -0.2) is 25.0 Å². The summed E-state index contributed by atoms with van der Waals surface area (Å²) in [6.07, 6.45) is 0. The normalized spacial score (nSPS) is 9.59. The molecule has 0 spiro atoms. The van der Waals surface area contributed by atoms with Crippen LogP contribution in [0.3, 0.4) is 0 Å². The van der Waals surface area contributed by atoms with Crippen molar-refractivity contribution in [3.8, 4) is 11.8 Å². The van der Waals surface area contributed by atoms with Crippen LogP contribution in [0, 0.1) is 25.2 Å². The fourth-order valence-corrected chi connectivity index (χ4v) is 1.74. The van der Waals surface area contributed by atoms with E-state index in [0.29, 0.717) is 6.54 Å². The molecule has 0 bridgehead atoms. The van der Waals surface area contributed by atoms with Crippen molar-refractivity contribution in [1.29, 1.82) is 5.26 Å². The first-order chi connectivity index (χ1) is 7.99. The van der Waals surface area contributed by atoms with E-state index in [-0.39, 0.29) is 0 Å². The van der Waals surface area contributed by atoms with Crippen LogP contribution in [0.1, 0.15) is 16.7 Å². The molecule has 0 aliphatic carbocycles. The van der Waals surface area contributed by atoms with Crippen LogP contribution < -0.4 is 4.74 Å². The van der Waals surface area contributed by atoms with Gasteiger partial charge in [-0.1, -0.05) is 6.07 Å². The maximum Gasteiger partial charge on any atom is 0.325 e. The summed E-state index contributed by atoms with van der Waals surface area (Å²) in [5, 5.41) is 8.55. The van der Waals surface area contributed by atoms with Gasteiger partial charge in [-0.2, -0.15) is 5.26 Å². The average Bonchev–Trinajstić information content (AvgIpc) is 2.30. The standard InChI is InChI=1S/C13H16N2O2/c1-9-5-10(2)11(12(6-9)17-4)8-15(3)13(16)7-14/h5-6H,8H2,1-4H3. The summed E-state index contributed by atoms with van der Waals surface area (Å²) in [5.41, 5.74) is 3.10. The van der Waals surface area contributed by atoms with Crippen molar-refractivity contribution in [1.82, 2.24) is 4.90 Å². The molecule has 0 heterocycles. The van der Waals surface area contributed by atoms with Crippen molar-refractivity contribution in [2.45, 2.75) is 20.4 Å². The van der Waals surface area contributed by atoms with E-state index >= 15 is 0 Å². The van der Waals surface area contributed by atoms with Gasteiger partial charge in [0.15, 0.2) is 6.07 Å². The number of hydrogen-bond donors (Lipinski definition) is 0. The van der Waals surface area contributed by atoms with Crippen LogP contribution in [0.2, 0.25) is 0 Å². The van der Waals surface area contributed by atoms with Crippen molar-refractivity contribution in [3.05, 3.63) is 28.8 Å². The summed E-state index contributed by atoms with van der Waals surface area (Å²) in [4.78, 5) is 12.6. The molecule has 1 aromatic carbocycles. The third-order valence-corrected chi connectivity index (χ3v) is 2.63. The smallest absolute Gasteiger partial charge is 0.325 e. The van der Waals surface area contributed by atoms with Crippen LogP contribution in [0.4, 0.5) is 0 Å². The lowest BCUT2D eigenvalue weighted by Crippen LogP contribution is -2.25. The van der Waals surface area contributed by atoms with Gasteiger partial charge in [0.1, 0.15) is 5.75 Å². The molecule has 0 radical (unpaired) electrons. The van der Waals surface area contributed by atoms with Crippen LogP contribution in [0.15, 0.2) is 12.1 Å². The number of carbonyl (C=O) groups excluding carboxylic acids is 1. The molecule has 0 saturated heterocycles. The summed E-state index contributed by atoms with van der Waals surface area (Å²) in [6, 6.07) is 5.55. The molecule has 1 amide bonds. The second-order valence-corrected chi connectivity index (χ2v) is 4.04. The fourth-order valence-electron chi connectivity index (χ4n) is 1.74. The Morgan fingerprint density at radius 3 is 2.65 bits per heavy atom. The second kappa shape index (κ2) is 5.35. The van der Waals surface area contributed by atoms with Gasteiger partial charge in [0, 0.05) is 12.6 Å². The number of carbonyl (C=O) groups is 1. The van der Waals surface area contributed by atoms with Crippen molar-refractivity contribution in [2.75, 3.05) is 14.2 Å². The molecule has 0 fully saturated rings. The Balaban J connectivity index is 3.06. The van der Waals surface area contributed by atoms with E-state index in [2.05, 4.69) is 0 Å². The quantitative estimate of drug-likeness (QED) is 0.747. The molecule has 1 aromatic rings. The summed E-state index contributed by atoms with van der Waals surface area (Å²) < 4.78 is 5.30. The van der Waals surface area contributed by atoms with Crippen LogP contribution in [-0.2, 0) is 11.3 Å².